The van der Waals surface area contributed by atoms with E-state index in [0.717, 1.165) is 23.3 Å². The molecule has 1 amide bonds. The van der Waals surface area contributed by atoms with Gasteiger partial charge in [0, 0.05) is 48.4 Å². The molecule has 168 valence electrons. The van der Waals surface area contributed by atoms with Crippen molar-refractivity contribution in [3.05, 3.63) is 68.0 Å². The van der Waals surface area contributed by atoms with E-state index < -0.39 is 14.9 Å². The fourth-order valence-electron chi connectivity index (χ4n) is 3.63. The molecule has 0 unspecified atom stereocenters. The molecule has 2 aromatic carbocycles. The Labute approximate surface area is 194 Å². The molecule has 4 rings (SSSR count). The van der Waals surface area contributed by atoms with Gasteiger partial charge in [-0.05, 0) is 30.2 Å². The van der Waals surface area contributed by atoms with Crippen LogP contribution in [0.2, 0.25) is 5.02 Å². The van der Waals surface area contributed by atoms with Crippen LogP contribution in [0, 0.1) is 10.1 Å². The summed E-state index contributed by atoms with van der Waals surface area (Å²) in [4.78, 5) is 25.7. The van der Waals surface area contributed by atoms with Crippen LogP contribution < -0.4 is 0 Å². The topological polar surface area (TPSA) is 101 Å². The summed E-state index contributed by atoms with van der Waals surface area (Å²) in [7, 11) is -3.63. The fourth-order valence-corrected chi connectivity index (χ4v) is 6.56. The molecule has 0 radical (unpaired) electrons. The molecule has 32 heavy (non-hydrogen) atoms. The maximum atomic E-state index is 13.1. The maximum absolute atomic E-state index is 13.1. The highest BCUT2D eigenvalue weighted by Crippen LogP contribution is 2.38. The molecule has 0 spiro atoms. The van der Waals surface area contributed by atoms with Crippen molar-refractivity contribution in [2.75, 3.05) is 26.2 Å². The van der Waals surface area contributed by atoms with Crippen LogP contribution in [0.5, 0.6) is 0 Å². The van der Waals surface area contributed by atoms with E-state index in [1.807, 2.05) is 6.92 Å². The van der Waals surface area contributed by atoms with Crippen LogP contribution in [0.15, 0.2) is 47.4 Å². The van der Waals surface area contributed by atoms with Crippen LogP contribution >= 0.6 is 22.9 Å². The first kappa shape index (κ1) is 22.7. The van der Waals surface area contributed by atoms with Gasteiger partial charge in [0.25, 0.3) is 11.6 Å². The molecule has 1 saturated heterocycles. The number of amides is 1. The number of aryl methyl sites for hydroxylation is 1. The zero-order valence-electron chi connectivity index (χ0n) is 17.2. The van der Waals surface area contributed by atoms with Crippen LogP contribution in [-0.4, -0.2) is 54.6 Å². The minimum Gasteiger partial charge on any atom is -0.335 e. The molecule has 11 heteroatoms. The number of non-ortho nitro benzene ring substituents is 1. The number of sulfonamides is 1. The van der Waals surface area contributed by atoms with Gasteiger partial charge >= 0.3 is 0 Å². The minimum absolute atomic E-state index is 0.0693. The van der Waals surface area contributed by atoms with Gasteiger partial charge in [-0.3, -0.25) is 14.9 Å². The van der Waals surface area contributed by atoms with Crippen molar-refractivity contribution in [3.63, 3.8) is 0 Å². The summed E-state index contributed by atoms with van der Waals surface area (Å²) in [5.74, 6) is -0.303. The van der Waals surface area contributed by atoms with Crippen molar-refractivity contribution in [1.82, 2.24) is 9.21 Å². The lowest BCUT2D eigenvalue weighted by molar-refractivity contribution is -0.384. The molecule has 2 heterocycles. The van der Waals surface area contributed by atoms with Gasteiger partial charge in [0.15, 0.2) is 0 Å². The molecule has 0 bridgehead atoms. The van der Waals surface area contributed by atoms with Crippen LogP contribution in [0.1, 0.15) is 22.2 Å². The van der Waals surface area contributed by atoms with Gasteiger partial charge in [-0.2, -0.15) is 4.31 Å². The third kappa shape index (κ3) is 4.11. The first-order valence-corrected chi connectivity index (χ1v) is 12.6. The monoisotopic (exact) mass is 493 g/mol. The molecule has 0 atom stereocenters. The normalized spacial score (nSPS) is 15.2. The Morgan fingerprint density at radius 2 is 1.78 bits per heavy atom. The van der Waals surface area contributed by atoms with E-state index in [-0.39, 0.29) is 47.7 Å². The van der Waals surface area contributed by atoms with Crippen LogP contribution in [-0.2, 0) is 16.4 Å². The van der Waals surface area contributed by atoms with Gasteiger partial charge in [-0.1, -0.05) is 30.7 Å². The van der Waals surface area contributed by atoms with Gasteiger partial charge < -0.3 is 4.90 Å². The molecule has 0 saturated carbocycles. The van der Waals surface area contributed by atoms with Crippen LogP contribution in [0.25, 0.3) is 10.1 Å². The number of benzene rings is 2. The Kier molecular flexibility index (Phi) is 6.22. The number of carbonyl (C=O) groups excluding carboxylic acids is 1. The standard InChI is InChI=1S/C21H20ClN3O5S2/c1-2-14-3-6-16(7-4-14)32(29,30)24-11-9-23(10-12-24)21(26)20-19(22)17-8-5-15(25(27)28)13-18(17)31-20/h3-8,13H,2,9-12H2,1H3. The quantitative estimate of drug-likeness (QED) is 0.392. The summed E-state index contributed by atoms with van der Waals surface area (Å²) in [6.45, 7) is 2.82. The highest BCUT2D eigenvalue weighted by Gasteiger charge is 2.32. The smallest absolute Gasteiger partial charge is 0.270 e. The van der Waals surface area contributed by atoms with E-state index in [1.165, 1.54) is 22.5 Å². The summed E-state index contributed by atoms with van der Waals surface area (Å²) in [5.41, 5.74) is 0.991. The molecule has 1 aliphatic rings. The van der Waals surface area contributed by atoms with Crippen molar-refractivity contribution < 1.29 is 18.1 Å². The Balaban J connectivity index is 1.50. The van der Waals surface area contributed by atoms with Gasteiger partial charge in [0.1, 0.15) is 4.88 Å². The van der Waals surface area contributed by atoms with Crippen molar-refractivity contribution >= 4 is 54.6 Å². The van der Waals surface area contributed by atoms with E-state index >= 15 is 0 Å². The summed E-state index contributed by atoms with van der Waals surface area (Å²) in [5, 5.41) is 11.9. The molecule has 0 N–H and O–H groups in total. The van der Waals surface area contributed by atoms with E-state index in [4.69, 9.17) is 11.6 Å². The second-order valence-electron chi connectivity index (χ2n) is 7.38. The first-order chi connectivity index (χ1) is 15.2. The van der Waals surface area contributed by atoms with E-state index in [2.05, 4.69) is 0 Å². The fraction of sp³-hybridized carbons (Fsp3) is 0.286. The number of nitrogens with zero attached hydrogens (tertiary/aromatic N) is 3. The van der Waals surface area contributed by atoms with E-state index in [1.54, 1.807) is 29.2 Å². The summed E-state index contributed by atoms with van der Waals surface area (Å²) in [6.07, 6.45) is 0.828. The van der Waals surface area contributed by atoms with Crippen molar-refractivity contribution in [1.29, 1.82) is 0 Å². The number of thiophene rings is 1. The van der Waals surface area contributed by atoms with Crippen LogP contribution in [0.3, 0.4) is 0 Å². The highest BCUT2D eigenvalue weighted by atomic mass is 35.5. The second kappa shape index (κ2) is 8.78. The number of carbonyl (C=O) groups is 1. The maximum Gasteiger partial charge on any atom is 0.270 e. The Morgan fingerprint density at radius 1 is 1.12 bits per heavy atom. The third-order valence-electron chi connectivity index (χ3n) is 5.51. The zero-order chi connectivity index (χ0) is 23.0. The Hall–Kier alpha value is -2.53. The largest absolute Gasteiger partial charge is 0.335 e. The van der Waals surface area contributed by atoms with Gasteiger partial charge in [-0.25, -0.2) is 8.42 Å². The summed E-state index contributed by atoms with van der Waals surface area (Å²) >= 11 is 7.50. The molecule has 1 fully saturated rings. The van der Waals surface area contributed by atoms with Crippen molar-refractivity contribution in [2.45, 2.75) is 18.2 Å². The minimum atomic E-state index is -3.63. The third-order valence-corrected chi connectivity index (χ3v) is 9.07. The number of hydrogen-bond acceptors (Lipinski definition) is 6. The lowest BCUT2D eigenvalue weighted by Crippen LogP contribution is -2.50. The number of piperazine rings is 1. The number of hydrogen-bond donors (Lipinski definition) is 0. The predicted molar refractivity (Wildman–Crippen MR) is 124 cm³/mol. The number of halogens is 1. The van der Waals surface area contributed by atoms with Crippen LogP contribution in [0.4, 0.5) is 5.69 Å². The molecule has 3 aromatic rings. The average Bonchev–Trinajstić information content (AvgIpc) is 3.14. The highest BCUT2D eigenvalue weighted by molar-refractivity contribution is 7.89. The summed E-state index contributed by atoms with van der Waals surface area (Å²) < 4.78 is 27.8. The molecule has 1 aliphatic heterocycles. The summed E-state index contributed by atoms with van der Waals surface area (Å²) in [6, 6.07) is 11.1. The predicted octanol–water partition coefficient (Wildman–Crippen LogP) is 4.17. The Bertz CT molecular complexity index is 1300. The lowest BCUT2D eigenvalue weighted by Gasteiger charge is -2.33. The molecular formula is C21H20ClN3O5S2. The first-order valence-electron chi connectivity index (χ1n) is 9.97. The Morgan fingerprint density at radius 3 is 2.38 bits per heavy atom. The molecule has 0 aliphatic carbocycles. The van der Waals surface area contributed by atoms with E-state index in [0.29, 0.717) is 15.0 Å². The average molecular weight is 494 g/mol. The lowest BCUT2D eigenvalue weighted by atomic mass is 10.2. The number of nitro benzene ring substituents is 1. The van der Waals surface area contributed by atoms with Gasteiger partial charge in [-0.15, -0.1) is 11.3 Å². The van der Waals surface area contributed by atoms with Crippen molar-refractivity contribution in [2.24, 2.45) is 0 Å². The molecule has 8 nitrogen and oxygen atoms in total. The molecular weight excluding hydrogens is 474 g/mol. The SMILES string of the molecule is CCc1ccc(S(=O)(=O)N2CCN(C(=O)c3sc4cc([N+](=O)[O-])ccc4c3Cl)CC2)cc1. The number of fused-ring (bicyclic) bond motifs is 1. The zero-order valence-corrected chi connectivity index (χ0v) is 19.5. The number of rotatable bonds is 5. The second-order valence-corrected chi connectivity index (χ2v) is 10.7. The van der Waals surface area contributed by atoms with Crippen molar-refractivity contribution in [3.8, 4) is 0 Å². The molecule has 1 aromatic heterocycles. The van der Waals surface area contributed by atoms with E-state index in [9.17, 15) is 23.3 Å². The van der Waals surface area contributed by atoms with Gasteiger partial charge in [0.2, 0.25) is 10.0 Å². The number of nitro groups is 1. The van der Waals surface area contributed by atoms with Gasteiger partial charge in [0.05, 0.1) is 14.8 Å².